The van der Waals surface area contributed by atoms with Gasteiger partial charge in [0.1, 0.15) is 0 Å². The highest BCUT2D eigenvalue weighted by atomic mass is 79.9. The first-order chi connectivity index (χ1) is 6.22. The fourth-order valence-corrected chi connectivity index (χ4v) is 2.01. The maximum absolute atomic E-state index is 5.97. The number of halogens is 2. The van der Waals surface area contributed by atoms with Gasteiger partial charge in [0.15, 0.2) is 0 Å². The van der Waals surface area contributed by atoms with Crippen LogP contribution in [0.15, 0.2) is 22.7 Å². The first-order valence-electron chi connectivity index (χ1n) is 4.18. The molecule has 1 nitrogen and oxygen atoms in total. The minimum atomic E-state index is 0.747. The maximum atomic E-state index is 5.97. The summed E-state index contributed by atoms with van der Waals surface area (Å²) in [4.78, 5) is 3.32. The van der Waals surface area contributed by atoms with E-state index in [9.17, 15) is 0 Å². The van der Waals surface area contributed by atoms with Gasteiger partial charge in [-0.05, 0) is 34.5 Å². The van der Waals surface area contributed by atoms with Crippen molar-refractivity contribution >= 4 is 38.4 Å². The van der Waals surface area contributed by atoms with E-state index in [0.717, 1.165) is 21.4 Å². The van der Waals surface area contributed by atoms with E-state index in [1.165, 1.54) is 11.1 Å². The molecule has 13 heavy (non-hydrogen) atoms. The summed E-state index contributed by atoms with van der Waals surface area (Å²) in [6.45, 7) is 2.13. The lowest BCUT2D eigenvalue weighted by molar-refractivity contribution is 1.07. The highest BCUT2D eigenvalue weighted by Gasteiger charge is 2.05. The van der Waals surface area contributed by atoms with Crippen LogP contribution in [0.25, 0.3) is 10.9 Å². The average Bonchev–Trinajstić information content (AvgIpc) is 2.55. The molecule has 0 radical (unpaired) electrons. The molecule has 0 bridgehead atoms. The van der Waals surface area contributed by atoms with E-state index in [1.807, 2.05) is 12.1 Å². The predicted octanol–water partition coefficient (Wildman–Crippen LogP) is 4.15. The zero-order valence-electron chi connectivity index (χ0n) is 7.20. The highest BCUT2D eigenvalue weighted by molar-refractivity contribution is 9.10. The third kappa shape index (κ3) is 1.49. The molecule has 0 aliphatic carbocycles. The number of H-pyrrole nitrogens is 1. The van der Waals surface area contributed by atoms with Crippen molar-refractivity contribution in [2.24, 2.45) is 0 Å². The van der Waals surface area contributed by atoms with Crippen molar-refractivity contribution in [3.05, 3.63) is 33.4 Å². The van der Waals surface area contributed by atoms with Gasteiger partial charge < -0.3 is 4.98 Å². The van der Waals surface area contributed by atoms with E-state index < -0.39 is 0 Å². The van der Waals surface area contributed by atoms with Crippen molar-refractivity contribution in [2.45, 2.75) is 13.3 Å². The molecule has 0 aliphatic rings. The van der Waals surface area contributed by atoms with Gasteiger partial charge in [-0.15, -0.1) is 0 Å². The number of aromatic amines is 1. The van der Waals surface area contributed by atoms with Gasteiger partial charge in [-0.3, -0.25) is 0 Å². The van der Waals surface area contributed by atoms with Gasteiger partial charge in [0, 0.05) is 11.1 Å². The van der Waals surface area contributed by atoms with Crippen molar-refractivity contribution in [1.29, 1.82) is 0 Å². The maximum Gasteiger partial charge on any atom is 0.0615 e. The van der Waals surface area contributed by atoms with Gasteiger partial charge in [0.05, 0.1) is 15.0 Å². The summed E-state index contributed by atoms with van der Waals surface area (Å²) in [6, 6.07) is 6.08. The summed E-state index contributed by atoms with van der Waals surface area (Å²) < 4.78 is 0.950. The fourth-order valence-electron chi connectivity index (χ4n) is 1.39. The average molecular weight is 259 g/mol. The summed E-state index contributed by atoms with van der Waals surface area (Å²) in [7, 11) is 0. The van der Waals surface area contributed by atoms with E-state index in [2.05, 4.69) is 33.9 Å². The van der Waals surface area contributed by atoms with Crippen LogP contribution in [0.5, 0.6) is 0 Å². The third-order valence-corrected chi connectivity index (χ3v) is 3.49. The number of nitrogens with one attached hydrogen (secondary N) is 1. The summed E-state index contributed by atoms with van der Waals surface area (Å²) in [5.74, 6) is 0. The van der Waals surface area contributed by atoms with Crippen LogP contribution in [0.4, 0.5) is 0 Å². The highest BCUT2D eigenvalue weighted by Crippen LogP contribution is 2.30. The second-order valence-electron chi connectivity index (χ2n) is 2.97. The van der Waals surface area contributed by atoms with Crippen LogP contribution < -0.4 is 0 Å². The predicted molar refractivity (Wildman–Crippen MR) is 60.4 cm³/mol. The first-order valence-corrected chi connectivity index (χ1v) is 5.35. The Balaban J connectivity index is 2.76. The van der Waals surface area contributed by atoms with Gasteiger partial charge in [-0.1, -0.05) is 24.6 Å². The second kappa shape index (κ2) is 3.35. The number of rotatable bonds is 1. The molecule has 1 N–H and O–H groups in total. The Bertz CT molecular complexity index is 447. The fraction of sp³-hybridized carbons (Fsp3) is 0.200. The lowest BCUT2D eigenvalue weighted by Crippen LogP contribution is -1.77. The van der Waals surface area contributed by atoms with Gasteiger partial charge in [-0.25, -0.2) is 0 Å². The minimum Gasteiger partial charge on any atom is -0.357 e. The molecule has 0 amide bonds. The molecule has 0 spiro atoms. The van der Waals surface area contributed by atoms with Crippen LogP contribution in [-0.4, -0.2) is 4.98 Å². The van der Waals surface area contributed by atoms with Gasteiger partial charge in [-0.2, -0.15) is 0 Å². The zero-order chi connectivity index (χ0) is 9.42. The summed E-state index contributed by atoms with van der Waals surface area (Å²) in [6.07, 6.45) is 1.01. The van der Waals surface area contributed by atoms with Crippen LogP contribution in [0.3, 0.4) is 0 Å². The van der Waals surface area contributed by atoms with Gasteiger partial charge in [0.2, 0.25) is 0 Å². The van der Waals surface area contributed by atoms with Crippen molar-refractivity contribution in [1.82, 2.24) is 4.98 Å². The van der Waals surface area contributed by atoms with Crippen LogP contribution in [-0.2, 0) is 6.42 Å². The van der Waals surface area contributed by atoms with Crippen molar-refractivity contribution in [3.8, 4) is 0 Å². The van der Waals surface area contributed by atoms with E-state index in [-0.39, 0.29) is 0 Å². The second-order valence-corrected chi connectivity index (χ2v) is 4.17. The molecule has 1 aromatic heterocycles. The summed E-state index contributed by atoms with van der Waals surface area (Å²) in [5.41, 5.74) is 2.32. The van der Waals surface area contributed by atoms with E-state index >= 15 is 0 Å². The molecule has 0 saturated heterocycles. The molecule has 0 unspecified atom stereocenters. The number of benzene rings is 1. The molecule has 1 heterocycles. The Labute approximate surface area is 90.2 Å². The topological polar surface area (TPSA) is 15.8 Å². The van der Waals surface area contributed by atoms with Crippen molar-refractivity contribution in [2.75, 3.05) is 0 Å². The molecule has 0 fully saturated rings. The number of hydrogen-bond donors (Lipinski definition) is 1. The lowest BCUT2D eigenvalue weighted by Gasteiger charge is -1.96. The number of aromatic nitrogens is 1. The summed E-state index contributed by atoms with van der Waals surface area (Å²) >= 11 is 9.43. The molecule has 2 aromatic rings. The molecular formula is C10H9BrClN. The SMILES string of the molecule is CCc1cc2ccc(Cl)c(Br)c2[nH]1. The minimum absolute atomic E-state index is 0.747. The lowest BCUT2D eigenvalue weighted by atomic mass is 10.2. The van der Waals surface area contributed by atoms with Crippen molar-refractivity contribution in [3.63, 3.8) is 0 Å². The third-order valence-electron chi connectivity index (χ3n) is 2.12. The number of fused-ring (bicyclic) bond motifs is 1. The van der Waals surface area contributed by atoms with Crippen LogP contribution in [0.1, 0.15) is 12.6 Å². The first kappa shape index (κ1) is 9.10. The molecule has 68 valence electrons. The monoisotopic (exact) mass is 257 g/mol. The number of aryl methyl sites for hydroxylation is 1. The Hall–Kier alpha value is -0.470. The van der Waals surface area contributed by atoms with E-state index in [1.54, 1.807) is 0 Å². The Morgan fingerprint density at radius 2 is 2.23 bits per heavy atom. The van der Waals surface area contributed by atoms with Gasteiger partial charge in [0.25, 0.3) is 0 Å². The van der Waals surface area contributed by atoms with E-state index in [0.29, 0.717) is 0 Å². The molecular weight excluding hydrogens is 249 g/mol. The van der Waals surface area contributed by atoms with Crippen molar-refractivity contribution < 1.29 is 0 Å². The largest absolute Gasteiger partial charge is 0.357 e. The van der Waals surface area contributed by atoms with Crippen LogP contribution in [0.2, 0.25) is 5.02 Å². The standard InChI is InChI=1S/C10H9BrClN/c1-2-7-5-6-3-4-8(12)9(11)10(6)13-7/h3-5,13H,2H2,1H3. The van der Waals surface area contributed by atoms with Gasteiger partial charge >= 0.3 is 0 Å². The Morgan fingerprint density at radius 3 is 2.92 bits per heavy atom. The Kier molecular flexibility index (Phi) is 2.35. The molecule has 3 heteroatoms. The molecule has 2 rings (SSSR count). The number of hydrogen-bond acceptors (Lipinski definition) is 0. The quantitative estimate of drug-likeness (QED) is 0.791. The van der Waals surface area contributed by atoms with Crippen LogP contribution in [0, 0.1) is 0 Å². The molecule has 0 aliphatic heterocycles. The normalized spacial score (nSPS) is 11.0. The van der Waals surface area contributed by atoms with Crippen LogP contribution >= 0.6 is 27.5 Å². The summed E-state index contributed by atoms with van der Waals surface area (Å²) in [5, 5.41) is 1.95. The molecule has 0 saturated carbocycles. The smallest absolute Gasteiger partial charge is 0.0615 e. The van der Waals surface area contributed by atoms with E-state index in [4.69, 9.17) is 11.6 Å². The zero-order valence-corrected chi connectivity index (χ0v) is 9.54. The molecule has 1 aromatic carbocycles. The molecule has 0 atom stereocenters. The Morgan fingerprint density at radius 1 is 1.46 bits per heavy atom.